The van der Waals surface area contributed by atoms with Crippen LogP contribution in [0.3, 0.4) is 0 Å². The first-order chi connectivity index (χ1) is 4.75. The highest BCUT2D eigenvalue weighted by molar-refractivity contribution is 4.95. The average Bonchev–Trinajstić information content (AvgIpc) is 1.87. The molecule has 0 amide bonds. The van der Waals surface area contributed by atoms with Crippen molar-refractivity contribution in [3.8, 4) is 0 Å². The largest absolute Gasteiger partial charge is 0.393 e. The first kappa shape index (κ1) is 10.9. The molecule has 3 heteroatoms. The van der Waals surface area contributed by atoms with Gasteiger partial charge in [0.15, 0.2) is 0 Å². The van der Waals surface area contributed by atoms with Crippen LogP contribution in [0.5, 0.6) is 0 Å². The van der Waals surface area contributed by atoms with E-state index < -0.39 is 11.1 Å². The molecule has 2 N–H and O–H groups in total. The van der Waals surface area contributed by atoms with Crippen LogP contribution >= 0.6 is 0 Å². The van der Waals surface area contributed by atoms with Gasteiger partial charge in [-0.2, -0.15) is 0 Å². The van der Waals surface area contributed by atoms with Crippen LogP contribution in [-0.2, 0) is 0 Å². The van der Waals surface area contributed by atoms with E-state index in [1.165, 1.54) is 0 Å². The van der Waals surface area contributed by atoms with E-state index in [-0.39, 0.29) is 6.61 Å². The Kier molecular flexibility index (Phi) is 3.06. The molecule has 0 aromatic rings. The van der Waals surface area contributed by atoms with Gasteiger partial charge in [0.2, 0.25) is 0 Å². The van der Waals surface area contributed by atoms with Crippen molar-refractivity contribution < 1.29 is 10.2 Å². The predicted molar refractivity (Wildman–Crippen MR) is 45.5 cm³/mol. The van der Waals surface area contributed by atoms with Crippen molar-refractivity contribution in [1.29, 1.82) is 0 Å². The van der Waals surface area contributed by atoms with Crippen molar-refractivity contribution in [3.63, 3.8) is 0 Å². The Balaban J connectivity index is 4.53. The van der Waals surface area contributed by atoms with E-state index in [1.54, 1.807) is 6.92 Å². The van der Waals surface area contributed by atoms with Gasteiger partial charge in [-0.3, -0.25) is 0 Å². The highest BCUT2D eigenvalue weighted by atomic mass is 16.3. The van der Waals surface area contributed by atoms with Crippen LogP contribution in [0.2, 0.25) is 0 Å². The molecular weight excluding hydrogens is 142 g/mol. The summed E-state index contributed by atoms with van der Waals surface area (Å²) >= 11 is 0. The standard InChI is InChI=1S/C8H19NO2/c1-7(2,9(4)5)8(3,11)6-10/h10-11H,6H2,1-5H3. The summed E-state index contributed by atoms with van der Waals surface area (Å²) in [5.41, 5.74) is -1.47. The smallest absolute Gasteiger partial charge is 0.103 e. The Morgan fingerprint density at radius 3 is 1.64 bits per heavy atom. The summed E-state index contributed by atoms with van der Waals surface area (Å²) in [6.45, 7) is 5.19. The van der Waals surface area contributed by atoms with Gasteiger partial charge in [0.1, 0.15) is 5.60 Å². The van der Waals surface area contributed by atoms with E-state index in [0.717, 1.165) is 0 Å². The maximum absolute atomic E-state index is 9.73. The minimum absolute atomic E-state index is 0.224. The van der Waals surface area contributed by atoms with Crippen molar-refractivity contribution >= 4 is 0 Å². The number of aliphatic hydroxyl groups excluding tert-OH is 1. The van der Waals surface area contributed by atoms with E-state index in [1.807, 2.05) is 32.8 Å². The Morgan fingerprint density at radius 1 is 1.18 bits per heavy atom. The molecule has 0 saturated carbocycles. The fourth-order valence-electron chi connectivity index (χ4n) is 0.675. The molecule has 11 heavy (non-hydrogen) atoms. The highest BCUT2D eigenvalue weighted by Gasteiger charge is 2.40. The minimum atomic E-state index is -1.06. The lowest BCUT2D eigenvalue weighted by molar-refractivity contribution is -0.0983. The molecule has 1 atom stereocenters. The van der Waals surface area contributed by atoms with Crippen molar-refractivity contribution in [2.75, 3.05) is 20.7 Å². The van der Waals surface area contributed by atoms with Crippen molar-refractivity contribution in [2.45, 2.75) is 31.9 Å². The van der Waals surface area contributed by atoms with Crippen molar-refractivity contribution in [1.82, 2.24) is 4.90 Å². The molecular formula is C8H19NO2. The van der Waals surface area contributed by atoms with E-state index in [0.29, 0.717) is 0 Å². The molecule has 0 fully saturated rings. The number of hydrogen-bond donors (Lipinski definition) is 2. The van der Waals surface area contributed by atoms with Gasteiger partial charge >= 0.3 is 0 Å². The molecule has 0 heterocycles. The van der Waals surface area contributed by atoms with E-state index in [2.05, 4.69) is 0 Å². The quantitative estimate of drug-likeness (QED) is 0.615. The minimum Gasteiger partial charge on any atom is -0.393 e. The zero-order valence-corrected chi connectivity index (χ0v) is 8.05. The predicted octanol–water partition coefficient (Wildman–Crippen LogP) is 0.0699. The van der Waals surface area contributed by atoms with E-state index in [4.69, 9.17) is 5.11 Å². The first-order valence-corrected chi connectivity index (χ1v) is 3.76. The number of aliphatic hydroxyl groups is 2. The summed E-state index contributed by atoms with van der Waals surface area (Å²) in [7, 11) is 3.76. The van der Waals surface area contributed by atoms with Crippen LogP contribution in [0.15, 0.2) is 0 Å². The molecule has 0 spiro atoms. The van der Waals surface area contributed by atoms with Crippen molar-refractivity contribution in [2.24, 2.45) is 0 Å². The maximum Gasteiger partial charge on any atom is 0.103 e. The van der Waals surface area contributed by atoms with Crippen LogP contribution in [-0.4, -0.2) is 47.0 Å². The zero-order chi connectivity index (χ0) is 9.28. The second-order valence-corrected chi connectivity index (χ2v) is 3.89. The molecule has 0 radical (unpaired) electrons. The average molecular weight is 161 g/mol. The normalized spacial score (nSPS) is 18.5. The van der Waals surface area contributed by atoms with Gasteiger partial charge in [0.05, 0.1) is 6.61 Å². The van der Waals surface area contributed by atoms with Gasteiger partial charge in [-0.05, 0) is 34.9 Å². The molecule has 0 saturated heterocycles. The van der Waals surface area contributed by atoms with Gasteiger partial charge in [0.25, 0.3) is 0 Å². The van der Waals surface area contributed by atoms with Crippen LogP contribution in [0, 0.1) is 0 Å². The molecule has 0 aromatic carbocycles. The van der Waals surface area contributed by atoms with E-state index in [9.17, 15) is 5.11 Å². The second-order valence-electron chi connectivity index (χ2n) is 3.89. The summed E-state index contributed by atoms with van der Waals surface area (Å²) in [4.78, 5) is 1.89. The molecule has 3 nitrogen and oxygen atoms in total. The Labute approximate surface area is 68.6 Å². The highest BCUT2D eigenvalue weighted by Crippen LogP contribution is 2.25. The number of likely N-dealkylation sites (N-methyl/N-ethyl adjacent to an activating group) is 1. The van der Waals surface area contributed by atoms with Gasteiger partial charge in [-0.1, -0.05) is 0 Å². The second kappa shape index (κ2) is 3.09. The van der Waals surface area contributed by atoms with Gasteiger partial charge in [-0.15, -0.1) is 0 Å². The lowest BCUT2D eigenvalue weighted by atomic mass is 9.84. The van der Waals surface area contributed by atoms with Crippen molar-refractivity contribution in [3.05, 3.63) is 0 Å². The Bertz CT molecular complexity index is 130. The molecule has 1 unspecified atom stereocenters. The fraction of sp³-hybridized carbons (Fsp3) is 1.00. The van der Waals surface area contributed by atoms with Crippen LogP contribution < -0.4 is 0 Å². The molecule has 0 aromatic heterocycles. The van der Waals surface area contributed by atoms with Gasteiger partial charge in [-0.25, -0.2) is 0 Å². The third kappa shape index (κ3) is 1.92. The number of hydrogen-bond acceptors (Lipinski definition) is 3. The fourth-order valence-corrected chi connectivity index (χ4v) is 0.675. The van der Waals surface area contributed by atoms with Crippen LogP contribution in [0.4, 0.5) is 0 Å². The number of rotatable bonds is 3. The lowest BCUT2D eigenvalue weighted by Crippen LogP contribution is -2.58. The van der Waals surface area contributed by atoms with Crippen LogP contribution in [0.25, 0.3) is 0 Å². The molecule has 68 valence electrons. The Morgan fingerprint density at radius 2 is 1.55 bits per heavy atom. The molecule has 0 aliphatic carbocycles. The zero-order valence-electron chi connectivity index (χ0n) is 8.05. The lowest BCUT2D eigenvalue weighted by Gasteiger charge is -2.43. The summed E-state index contributed by atoms with van der Waals surface area (Å²) in [6.07, 6.45) is 0. The van der Waals surface area contributed by atoms with E-state index >= 15 is 0 Å². The molecule has 0 aliphatic rings. The topological polar surface area (TPSA) is 43.7 Å². The summed E-state index contributed by atoms with van der Waals surface area (Å²) < 4.78 is 0. The summed E-state index contributed by atoms with van der Waals surface area (Å²) in [5, 5.41) is 18.6. The maximum atomic E-state index is 9.73. The van der Waals surface area contributed by atoms with Gasteiger partial charge in [0, 0.05) is 5.54 Å². The molecule has 0 aliphatic heterocycles. The third-order valence-corrected chi connectivity index (χ3v) is 2.74. The first-order valence-electron chi connectivity index (χ1n) is 3.76. The monoisotopic (exact) mass is 161 g/mol. The third-order valence-electron chi connectivity index (χ3n) is 2.74. The van der Waals surface area contributed by atoms with Crippen LogP contribution in [0.1, 0.15) is 20.8 Å². The summed E-state index contributed by atoms with van der Waals surface area (Å²) in [5.74, 6) is 0. The Hall–Kier alpha value is -0.120. The van der Waals surface area contributed by atoms with Gasteiger partial charge < -0.3 is 15.1 Å². The summed E-state index contributed by atoms with van der Waals surface area (Å²) in [6, 6.07) is 0. The molecule has 0 rings (SSSR count). The SMILES string of the molecule is CN(C)C(C)(C)C(C)(O)CO. The number of nitrogens with zero attached hydrogens (tertiary/aromatic N) is 1. The molecule has 0 bridgehead atoms.